The van der Waals surface area contributed by atoms with E-state index in [1.54, 1.807) is 36.7 Å². The number of H-pyrrole nitrogens is 1. The van der Waals surface area contributed by atoms with Gasteiger partial charge in [-0.3, -0.25) is 9.78 Å². The zero-order valence-electron chi connectivity index (χ0n) is 17.7. The number of imidazole rings is 1. The molecule has 3 aromatic heterocycles. The van der Waals surface area contributed by atoms with Gasteiger partial charge in [0.05, 0.1) is 29.1 Å². The quantitative estimate of drug-likeness (QED) is 0.294. The molecule has 166 valence electrons. The van der Waals surface area contributed by atoms with Crippen LogP contribution in [0.4, 0.5) is 15.9 Å². The van der Waals surface area contributed by atoms with Gasteiger partial charge in [0, 0.05) is 35.0 Å². The summed E-state index contributed by atoms with van der Waals surface area (Å²) in [5.74, 6) is -0.142. The molecule has 0 saturated carbocycles. The van der Waals surface area contributed by atoms with Crippen LogP contribution in [0.5, 0.6) is 0 Å². The molecule has 4 aromatic rings. The highest BCUT2D eigenvalue weighted by Crippen LogP contribution is 2.39. The first-order valence-electron chi connectivity index (χ1n) is 10.4. The number of halogens is 2. The number of aromatic amines is 1. The number of fused-ring (bicyclic) bond motifs is 1. The molecule has 1 unspecified atom stereocenters. The molecule has 1 amide bonds. The van der Waals surface area contributed by atoms with E-state index in [-0.39, 0.29) is 23.2 Å². The molecule has 9 heteroatoms. The van der Waals surface area contributed by atoms with Crippen molar-refractivity contribution >= 4 is 29.0 Å². The van der Waals surface area contributed by atoms with Crippen molar-refractivity contribution in [2.24, 2.45) is 0 Å². The average molecular weight is 463 g/mol. The lowest BCUT2D eigenvalue weighted by Gasteiger charge is -2.11. The number of carbonyl (C=O) groups excluding carboxylic acids is 1. The Morgan fingerprint density at radius 2 is 2.03 bits per heavy atom. The normalized spacial score (nSPS) is 14.8. The summed E-state index contributed by atoms with van der Waals surface area (Å²) in [7, 11) is 0. The number of hydrogen-bond donors (Lipinski definition) is 3. The van der Waals surface area contributed by atoms with E-state index in [9.17, 15) is 9.18 Å². The Morgan fingerprint density at radius 3 is 2.82 bits per heavy atom. The van der Waals surface area contributed by atoms with Crippen molar-refractivity contribution in [1.82, 2.24) is 19.9 Å². The Morgan fingerprint density at radius 1 is 1.18 bits per heavy atom. The number of nitrogen functional groups attached to an aromatic ring is 1. The number of benzene rings is 1. The van der Waals surface area contributed by atoms with Gasteiger partial charge < -0.3 is 16.0 Å². The summed E-state index contributed by atoms with van der Waals surface area (Å²) in [5, 5.41) is 3.09. The fourth-order valence-corrected chi connectivity index (χ4v) is 4.37. The van der Waals surface area contributed by atoms with Gasteiger partial charge in [-0.15, -0.1) is 0 Å². The number of carbonyl (C=O) groups is 1. The van der Waals surface area contributed by atoms with E-state index in [0.29, 0.717) is 16.4 Å². The van der Waals surface area contributed by atoms with Crippen LogP contribution in [0.2, 0.25) is 5.02 Å². The third-order valence-electron chi connectivity index (χ3n) is 5.73. The maximum absolute atomic E-state index is 14.5. The van der Waals surface area contributed by atoms with Crippen LogP contribution in [0.1, 0.15) is 36.3 Å². The van der Waals surface area contributed by atoms with Crippen LogP contribution < -0.4 is 11.1 Å². The summed E-state index contributed by atoms with van der Waals surface area (Å²) in [4.78, 5) is 27.4. The van der Waals surface area contributed by atoms with E-state index < -0.39 is 5.95 Å². The second kappa shape index (κ2) is 8.29. The largest absolute Gasteiger partial charge is 0.398 e. The molecule has 0 saturated heterocycles. The first-order valence-corrected chi connectivity index (χ1v) is 10.8. The molecule has 1 atom stereocenters. The van der Waals surface area contributed by atoms with Crippen LogP contribution in [-0.4, -0.2) is 25.8 Å². The smallest absolute Gasteiger partial charge is 0.224 e. The number of hydrogen-bond acceptors (Lipinski definition) is 5. The highest BCUT2D eigenvalue weighted by atomic mass is 35.5. The van der Waals surface area contributed by atoms with Gasteiger partial charge in [-0.2, -0.15) is 4.39 Å². The molecule has 1 aliphatic rings. The van der Waals surface area contributed by atoms with E-state index in [4.69, 9.17) is 22.3 Å². The summed E-state index contributed by atoms with van der Waals surface area (Å²) in [6.07, 6.45) is 5.07. The third-order valence-corrected chi connectivity index (χ3v) is 5.96. The van der Waals surface area contributed by atoms with Crippen LogP contribution >= 0.6 is 11.6 Å². The van der Waals surface area contributed by atoms with Crippen molar-refractivity contribution in [1.29, 1.82) is 0 Å². The molecule has 1 aromatic carbocycles. The van der Waals surface area contributed by atoms with Gasteiger partial charge in [-0.1, -0.05) is 11.6 Å². The number of nitrogens with one attached hydrogen (secondary N) is 2. The maximum atomic E-state index is 14.5. The second-order valence-electron chi connectivity index (χ2n) is 7.99. The molecule has 0 fully saturated rings. The lowest BCUT2D eigenvalue weighted by molar-refractivity contribution is -0.114. The lowest BCUT2D eigenvalue weighted by atomic mass is 10.0. The zero-order chi connectivity index (χ0) is 23.1. The van der Waals surface area contributed by atoms with Gasteiger partial charge in [-0.05, 0) is 54.8 Å². The van der Waals surface area contributed by atoms with E-state index in [2.05, 4.69) is 26.3 Å². The van der Waals surface area contributed by atoms with E-state index in [1.807, 2.05) is 6.07 Å². The molecule has 5 rings (SSSR count). The summed E-state index contributed by atoms with van der Waals surface area (Å²) in [6.45, 7) is 1.34. The standard InChI is InChI=1S/C24H20ClFN6O/c1-12(33)30-21-7-5-16(23(26)32-21)20-11-29-24(31-20)17-4-2-13-8-14(10-28-22(13)17)18-9-15(25)3-6-19(18)27/h3,5-11,17H,2,4,27H2,1H3,(H,29,31)(H,30,32,33). The van der Waals surface area contributed by atoms with Crippen molar-refractivity contribution in [3.63, 3.8) is 0 Å². The highest BCUT2D eigenvalue weighted by molar-refractivity contribution is 6.31. The first kappa shape index (κ1) is 21.1. The number of aromatic nitrogens is 4. The molecule has 33 heavy (non-hydrogen) atoms. The maximum Gasteiger partial charge on any atom is 0.224 e. The molecule has 0 spiro atoms. The Balaban J connectivity index is 1.42. The van der Waals surface area contributed by atoms with Gasteiger partial charge in [0.25, 0.3) is 0 Å². The number of pyridine rings is 2. The number of amides is 1. The Bertz CT molecular complexity index is 1390. The average Bonchev–Trinajstić information content (AvgIpc) is 3.41. The topological polar surface area (TPSA) is 110 Å². The summed E-state index contributed by atoms with van der Waals surface area (Å²) >= 11 is 6.14. The Kier molecular flexibility index (Phi) is 5.30. The first-order chi connectivity index (χ1) is 15.9. The van der Waals surface area contributed by atoms with Crippen LogP contribution in [0, 0.1) is 5.95 Å². The fraction of sp³-hybridized carbons (Fsp3) is 0.167. The van der Waals surface area contributed by atoms with Gasteiger partial charge in [0.2, 0.25) is 11.9 Å². The van der Waals surface area contributed by atoms with E-state index >= 15 is 0 Å². The number of aryl methyl sites for hydroxylation is 1. The summed E-state index contributed by atoms with van der Waals surface area (Å²) in [6, 6.07) is 10.6. The van der Waals surface area contributed by atoms with Crippen molar-refractivity contribution in [3.05, 3.63) is 76.8 Å². The van der Waals surface area contributed by atoms with E-state index in [0.717, 1.165) is 41.1 Å². The van der Waals surface area contributed by atoms with Gasteiger partial charge >= 0.3 is 0 Å². The molecular weight excluding hydrogens is 443 g/mol. The fourth-order valence-electron chi connectivity index (χ4n) is 4.20. The minimum absolute atomic E-state index is 0.0193. The molecule has 7 nitrogen and oxygen atoms in total. The van der Waals surface area contributed by atoms with Crippen LogP contribution in [0.3, 0.4) is 0 Å². The van der Waals surface area contributed by atoms with Gasteiger partial charge in [0.1, 0.15) is 11.6 Å². The molecule has 3 heterocycles. The van der Waals surface area contributed by atoms with Crippen LogP contribution in [-0.2, 0) is 11.2 Å². The number of nitrogens with two attached hydrogens (primary N) is 1. The Hall–Kier alpha value is -3.78. The van der Waals surface area contributed by atoms with Crippen molar-refractivity contribution < 1.29 is 9.18 Å². The minimum atomic E-state index is -0.690. The number of rotatable bonds is 4. The van der Waals surface area contributed by atoms with Crippen LogP contribution in [0.25, 0.3) is 22.4 Å². The third kappa shape index (κ3) is 4.05. The van der Waals surface area contributed by atoms with Crippen LogP contribution in [0.15, 0.2) is 48.8 Å². The highest BCUT2D eigenvalue weighted by Gasteiger charge is 2.28. The SMILES string of the molecule is CC(=O)Nc1ccc(-c2cnc(C3CCc4cc(-c5cc(Cl)ccc5N)cnc43)[nH]2)c(F)n1. The minimum Gasteiger partial charge on any atom is -0.398 e. The van der Waals surface area contributed by atoms with E-state index in [1.165, 1.54) is 6.92 Å². The molecule has 0 aliphatic heterocycles. The summed E-state index contributed by atoms with van der Waals surface area (Å²) < 4.78 is 14.5. The molecule has 0 radical (unpaired) electrons. The zero-order valence-corrected chi connectivity index (χ0v) is 18.4. The predicted molar refractivity (Wildman–Crippen MR) is 125 cm³/mol. The lowest BCUT2D eigenvalue weighted by Crippen LogP contribution is -2.08. The second-order valence-corrected chi connectivity index (χ2v) is 8.43. The van der Waals surface area contributed by atoms with Crippen molar-refractivity contribution in [2.75, 3.05) is 11.1 Å². The number of anilines is 2. The summed E-state index contributed by atoms with van der Waals surface area (Å²) in [5.41, 5.74) is 11.4. The molecule has 0 bridgehead atoms. The monoisotopic (exact) mass is 462 g/mol. The molecule has 1 aliphatic carbocycles. The number of nitrogens with zero attached hydrogens (tertiary/aromatic N) is 3. The van der Waals surface area contributed by atoms with Crippen molar-refractivity contribution in [3.8, 4) is 22.4 Å². The Labute approximate surface area is 194 Å². The molecular formula is C24H20ClFN6O. The van der Waals surface area contributed by atoms with Crippen molar-refractivity contribution in [2.45, 2.75) is 25.7 Å². The van der Waals surface area contributed by atoms with Gasteiger partial charge in [0.15, 0.2) is 0 Å². The van der Waals surface area contributed by atoms with Gasteiger partial charge in [-0.25, -0.2) is 9.97 Å². The predicted octanol–water partition coefficient (Wildman–Crippen LogP) is 4.94. The molecule has 4 N–H and O–H groups in total.